The molecule has 0 saturated carbocycles. The molecule has 2 atom stereocenters. The van der Waals surface area contributed by atoms with E-state index in [0.717, 1.165) is 19.6 Å². The van der Waals surface area contributed by atoms with Gasteiger partial charge >= 0.3 is 0 Å². The fraction of sp³-hybridized carbons (Fsp3) is 0.400. The molecule has 2 aromatic rings. The minimum absolute atomic E-state index is 0.0444. The molecule has 2 unspecified atom stereocenters. The highest BCUT2D eigenvalue weighted by molar-refractivity contribution is 5.26. The molecule has 22 heavy (non-hydrogen) atoms. The van der Waals surface area contributed by atoms with Crippen LogP contribution in [-0.2, 0) is 12.1 Å². The lowest BCUT2D eigenvalue weighted by Crippen LogP contribution is -2.60. The number of piperazine rings is 1. The topological polar surface area (TPSA) is 15.3 Å². The molecule has 1 aliphatic heterocycles. The van der Waals surface area contributed by atoms with E-state index >= 15 is 0 Å². The van der Waals surface area contributed by atoms with Gasteiger partial charge in [-0.15, -0.1) is 0 Å². The van der Waals surface area contributed by atoms with Crippen molar-refractivity contribution < 1.29 is 0 Å². The summed E-state index contributed by atoms with van der Waals surface area (Å²) in [4.78, 5) is 2.64. The maximum atomic E-state index is 3.73. The zero-order chi connectivity index (χ0) is 15.4. The van der Waals surface area contributed by atoms with E-state index in [-0.39, 0.29) is 5.54 Å². The third-order valence-corrected chi connectivity index (χ3v) is 4.98. The van der Waals surface area contributed by atoms with Crippen LogP contribution in [0, 0.1) is 0 Å². The van der Waals surface area contributed by atoms with Gasteiger partial charge in [-0.2, -0.15) is 0 Å². The fourth-order valence-corrected chi connectivity index (χ4v) is 3.39. The summed E-state index contributed by atoms with van der Waals surface area (Å²) in [5, 5.41) is 3.73. The van der Waals surface area contributed by atoms with Crippen LogP contribution in [0.1, 0.15) is 31.4 Å². The van der Waals surface area contributed by atoms with E-state index in [1.54, 1.807) is 0 Å². The zero-order valence-electron chi connectivity index (χ0n) is 13.6. The first-order chi connectivity index (χ1) is 10.7. The molecule has 116 valence electrons. The predicted molar refractivity (Wildman–Crippen MR) is 92.7 cm³/mol. The van der Waals surface area contributed by atoms with E-state index in [4.69, 9.17) is 0 Å². The van der Waals surface area contributed by atoms with Crippen LogP contribution in [0.3, 0.4) is 0 Å². The Morgan fingerprint density at radius 3 is 2.32 bits per heavy atom. The van der Waals surface area contributed by atoms with Gasteiger partial charge in [-0.3, -0.25) is 4.90 Å². The Bertz CT molecular complexity index is 581. The Kier molecular flexibility index (Phi) is 4.60. The second-order valence-corrected chi connectivity index (χ2v) is 6.49. The first-order valence-corrected chi connectivity index (χ1v) is 8.30. The summed E-state index contributed by atoms with van der Waals surface area (Å²) in [6.07, 6.45) is 1.18. The van der Waals surface area contributed by atoms with Gasteiger partial charge in [0.25, 0.3) is 0 Å². The summed E-state index contributed by atoms with van der Waals surface area (Å²) in [6, 6.07) is 22.3. The average molecular weight is 294 g/mol. The van der Waals surface area contributed by atoms with Crippen LogP contribution in [0.4, 0.5) is 0 Å². The maximum Gasteiger partial charge on any atom is 0.0561 e. The molecule has 0 bridgehead atoms. The number of hydrogen-bond acceptors (Lipinski definition) is 2. The third kappa shape index (κ3) is 3.08. The Labute approximate surface area is 134 Å². The van der Waals surface area contributed by atoms with Crippen molar-refractivity contribution in [1.82, 2.24) is 10.2 Å². The Hall–Kier alpha value is -1.64. The molecular formula is C20H26N2. The van der Waals surface area contributed by atoms with Crippen LogP contribution < -0.4 is 5.32 Å². The molecule has 0 aromatic heterocycles. The smallest absolute Gasteiger partial charge is 0.0561 e. The van der Waals surface area contributed by atoms with Gasteiger partial charge in [0.2, 0.25) is 0 Å². The van der Waals surface area contributed by atoms with Crippen molar-refractivity contribution in [2.24, 2.45) is 0 Å². The van der Waals surface area contributed by atoms with E-state index in [2.05, 4.69) is 84.7 Å². The molecule has 2 heteroatoms. The van der Waals surface area contributed by atoms with Gasteiger partial charge in [0.05, 0.1) is 5.54 Å². The average Bonchev–Trinajstić information content (AvgIpc) is 2.58. The van der Waals surface area contributed by atoms with Crippen LogP contribution in [0.15, 0.2) is 60.7 Å². The summed E-state index contributed by atoms with van der Waals surface area (Å²) >= 11 is 0. The van der Waals surface area contributed by atoms with E-state index in [9.17, 15) is 0 Å². The number of hydrogen-bond donors (Lipinski definition) is 1. The third-order valence-electron chi connectivity index (χ3n) is 4.98. The van der Waals surface area contributed by atoms with E-state index in [1.807, 2.05) is 0 Å². The Morgan fingerprint density at radius 1 is 1.05 bits per heavy atom. The van der Waals surface area contributed by atoms with Gasteiger partial charge in [-0.05, 0) is 24.5 Å². The van der Waals surface area contributed by atoms with Crippen molar-refractivity contribution in [3.05, 3.63) is 71.8 Å². The van der Waals surface area contributed by atoms with Gasteiger partial charge in [0.15, 0.2) is 0 Å². The normalized spacial score (nSPS) is 26.0. The second kappa shape index (κ2) is 6.64. The van der Waals surface area contributed by atoms with Crippen LogP contribution >= 0.6 is 0 Å². The van der Waals surface area contributed by atoms with Crippen LogP contribution in [-0.4, -0.2) is 24.0 Å². The summed E-state index contributed by atoms with van der Waals surface area (Å²) < 4.78 is 0. The first kappa shape index (κ1) is 15.3. The number of nitrogens with zero attached hydrogens (tertiary/aromatic N) is 1. The van der Waals surface area contributed by atoms with Gasteiger partial charge in [0, 0.05) is 25.7 Å². The minimum atomic E-state index is 0.0444. The largest absolute Gasteiger partial charge is 0.311 e. The summed E-state index contributed by atoms with van der Waals surface area (Å²) in [6.45, 7) is 7.73. The number of rotatable bonds is 4. The lowest BCUT2D eigenvalue weighted by atomic mass is 9.86. The molecule has 2 nitrogen and oxygen atoms in total. The van der Waals surface area contributed by atoms with E-state index < -0.39 is 0 Å². The van der Waals surface area contributed by atoms with Crippen molar-refractivity contribution in [3.8, 4) is 0 Å². The van der Waals surface area contributed by atoms with Crippen molar-refractivity contribution in [2.45, 2.75) is 38.4 Å². The Morgan fingerprint density at radius 2 is 1.68 bits per heavy atom. The molecule has 1 fully saturated rings. The van der Waals surface area contributed by atoms with Gasteiger partial charge in [-0.1, -0.05) is 67.6 Å². The van der Waals surface area contributed by atoms with Gasteiger partial charge in [0.1, 0.15) is 0 Å². The summed E-state index contributed by atoms with van der Waals surface area (Å²) in [5.41, 5.74) is 2.83. The summed E-state index contributed by atoms with van der Waals surface area (Å²) in [5.74, 6) is 0. The number of benzene rings is 2. The molecule has 1 N–H and O–H groups in total. The lowest BCUT2D eigenvalue weighted by molar-refractivity contribution is 0.0412. The summed E-state index contributed by atoms with van der Waals surface area (Å²) in [7, 11) is 0. The molecular weight excluding hydrogens is 268 g/mol. The molecule has 0 amide bonds. The quantitative estimate of drug-likeness (QED) is 0.923. The molecule has 1 heterocycles. The Balaban J connectivity index is 1.89. The van der Waals surface area contributed by atoms with E-state index in [1.165, 1.54) is 17.5 Å². The maximum absolute atomic E-state index is 3.73. The number of nitrogens with one attached hydrogen (secondary N) is 1. The van der Waals surface area contributed by atoms with Crippen molar-refractivity contribution in [2.75, 3.05) is 13.1 Å². The van der Waals surface area contributed by atoms with Gasteiger partial charge < -0.3 is 5.32 Å². The molecule has 0 spiro atoms. The monoisotopic (exact) mass is 294 g/mol. The van der Waals surface area contributed by atoms with E-state index in [0.29, 0.717) is 6.04 Å². The molecule has 0 radical (unpaired) electrons. The van der Waals surface area contributed by atoms with Crippen molar-refractivity contribution in [1.29, 1.82) is 0 Å². The highest BCUT2D eigenvalue weighted by Gasteiger charge is 2.38. The molecule has 1 aliphatic rings. The minimum Gasteiger partial charge on any atom is -0.311 e. The predicted octanol–water partition coefficient (Wildman–Crippen LogP) is 3.79. The molecule has 2 aromatic carbocycles. The van der Waals surface area contributed by atoms with Crippen LogP contribution in [0.25, 0.3) is 0 Å². The highest BCUT2D eigenvalue weighted by atomic mass is 15.3. The van der Waals surface area contributed by atoms with Crippen molar-refractivity contribution in [3.63, 3.8) is 0 Å². The molecule has 3 rings (SSSR count). The first-order valence-electron chi connectivity index (χ1n) is 8.30. The SMILES string of the molecule is CCC1CN(Cc2ccccc2)C(C)(c2ccccc2)CN1. The van der Waals surface area contributed by atoms with Gasteiger partial charge in [-0.25, -0.2) is 0 Å². The van der Waals surface area contributed by atoms with Crippen molar-refractivity contribution >= 4 is 0 Å². The van der Waals surface area contributed by atoms with Crippen LogP contribution in [0.2, 0.25) is 0 Å². The standard InChI is InChI=1S/C20H26N2/c1-3-19-15-22(14-17-10-6-4-7-11-17)20(2,16-21-19)18-12-8-5-9-13-18/h4-13,19,21H,3,14-16H2,1-2H3. The fourth-order valence-electron chi connectivity index (χ4n) is 3.39. The second-order valence-electron chi connectivity index (χ2n) is 6.49. The molecule has 0 aliphatic carbocycles. The lowest BCUT2D eigenvalue weighted by Gasteiger charge is -2.48. The van der Waals surface area contributed by atoms with Crippen LogP contribution in [0.5, 0.6) is 0 Å². The zero-order valence-corrected chi connectivity index (χ0v) is 13.6. The molecule has 1 saturated heterocycles. The highest BCUT2D eigenvalue weighted by Crippen LogP contribution is 2.32.